The van der Waals surface area contributed by atoms with Crippen LogP contribution < -0.4 is 5.32 Å². The van der Waals surface area contributed by atoms with Crippen molar-refractivity contribution in [2.24, 2.45) is 0 Å². The Kier molecular flexibility index (Phi) is 4.25. The summed E-state index contributed by atoms with van der Waals surface area (Å²) in [5.41, 5.74) is 1.28. The molecule has 1 aromatic rings. The van der Waals surface area contributed by atoms with Crippen LogP contribution in [0.1, 0.15) is 50.3 Å². The van der Waals surface area contributed by atoms with E-state index in [9.17, 15) is 4.79 Å². The fraction of sp³-hybridized carbons (Fsp3) is 0.765. The number of urea groups is 1. The van der Waals surface area contributed by atoms with E-state index in [2.05, 4.69) is 26.1 Å². The van der Waals surface area contributed by atoms with Crippen molar-refractivity contribution in [3.05, 3.63) is 18.0 Å². The van der Waals surface area contributed by atoms with Gasteiger partial charge in [-0.25, -0.2) is 4.79 Å². The second-order valence-electron chi connectivity index (χ2n) is 7.17. The molecule has 126 valence electrons. The molecule has 3 heterocycles. The SMILES string of the molecule is O=C(NCC1CN(C2CCCC2)Cc2ccnn21)N1CCCC1. The average Bonchev–Trinajstić information content (AvgIpc) is 3.33. The summed E-state index contributed by atoms with van der Waals surface area (Å²) in [6.07, 6.45) is 9.52. The Bertz CT molecular complexity index is 545. The lowest BCUT2D eigenvalue weighted by atomic mass is 10.1. The van der Waals surface area contributed by atoms with Crippen LogP contribution in [0.25, 0.3) is 0 Å². The molecule has 3 aliphatic rings. The Morgan fingerprint density at radius 3 is 2.78 bits per heavy atom. The summed E-state index contributed by atoms with van der Waals surface area (Å²) in [6.45, 7) is 4.48. The van der Waals surface area contributed by atoms with Crippen LogP contribution in [-0.2, 0) is 6.54 Å². The first-order valence-electron chi connectivity index (χ1n) is 9.10. The van der Waals surface area contributed by atoms with Gasteiger partial charge in [-0.2, -0.15) is 5.10 Å². The highest BCUT2D eigenvalue weighted by atomic mass is 16.2. The maximum Gasteiger partial charge on any atom is 0.317 e. The van der Waals surface area contributed by atoms with Crippen LogP contribution in [0.3, 0.4) is 0 Å². The summed E-state index contributed by atoms with van der Waals surface area (Å²) in [7, 11) is 0. The molecule has 0 spiro atoms. The predicted octanol–water partition coefficient (Wildman–Crippen LogP) is 1.99. The van der Waals surface area contributed by atoms with Crippen LogP contribution >= 0.6 is 0 Å². The third-order valence-electron chi connectivity index (χ3n) is 5.63. The van der Waals surface area contributed by atoms with Gasteiger partial charge in [0.2, 0.25) is 0 Å². The zero-order valence-corrected chi connectivity index (χ0v) is 13.8. The van der Waals surface area contributed by atoms with Crippen LogP contribution in [0.15, 0.2) is 12.3 Å². The first-order valence-corrected chi connectivity index (χ1v) is 9.10. The number of carbonyl (C=O) groups excluding carboxylic acids is 1. The van der Waals surface area contributed by atoms with Gasteiger partial charge in [0, 0.05) is 45.0 Å². The normalized spacial score (nSPS) is 25.7. The highest BCUT2D eigenvalue weighted by Gasteiger charge is 2.31. The number of nitrogens with one attached hydrogen (secondary N) is 1. The van der Waals surface area contributed by atoms with Crippen molar-refractivity contribution in [2.45, 2.75) is 57.2 Å². The lowest BCUT2D eigenvalue weighted by molar-refractivity contribution is 0.122. The first-order chi connectivity index (χ1) is 11.3. The maximum absolute atomic E-state index is 12.2. The molecule has 1 unspecified atom stereocenters. The largest absolute Gasteiger partial charge is 0.336 e. The fourth-order valence-corrected chi connectivity index (χ4v) is 4.35. The molecule has 0 aromatic carbocycles. The topological polar surface area (TPSA) is 53.4 Å². The van der Waals surface area contributed by atoms with Crippen LogP contribution in [0.4, 0.5) is 4.79 Å². The van der Waals surface area contributed by atoms with Gasteiger partial charge < -0.3 is 10.2 Å². The minimum atomic E-state index is 0.0918. The summed E-state index contributed by atoms with van der Waals surface area (Å²) in [6, 6.07) is 3.18. The van der Waals surface area contributed by atoms with Gasteiger partial charge in [0.05, 0.1) is 11.7 Å². The van der Waals surface area contributed by atoms with E-state index >= 15 is 0 Å². The molecule has 1 saturated carbocycles. The van der Waals surface area contributed by atoms with Crippen LogP contribution in [-0.4, -0.2) is 57.8 Å². The molecule has 2 fully saturated rings. The van der Waals surface area contributed by atoms with Gasteiger partial charge in [0.15, 0.2) is 0 Å². The van der Waals surface area contributed by atoms with Crippen molar-refractivity contribution in [3.8, 4) is 0 Å². The molecule has 1 aliphatic carbocycles. The Morgan fingerprint density at radius 2 is 2.00 bits per heavy atom. The van der Waals surface area contributed by atoms with Crippen molar-refractivity contribution in [1.82, 2.24) is 24.9 Å². The number of nitrogens with zero attached hydrogens (tertiary/aromatic N) is 4. The molecule has 1 saturated heterocycles. The second kappa shape index (κ2) is 6.51. The van der Waals surface area contributed by atoms with E-state index in [1.165, 1.54) is 31.4 Å². The van der Waals surface area contributed by atoms with Crippen LogP contribution in [0.5, 0.6) is 0 Å². The number of rotatable bonds is 3. The van der Waals surface area contributed by atoms with Crippen LogP contribution in [0, 0.1) is 0 Å². The Morgan fingerprint density at radius 1 is 1.22 bits per heavy atom. The molecule has 6 nitrogen and oxygen atoms in total. The van der Waals surface area contributed by atoms with E-state index in [-0.39, 0.29) is 12.1 Å². The molecular weight excluding hydrogens is 290 g/mol. The molecule has 6 heteroatoms. The minimum Gasteiger partial charge on any atom is -0.336 e. The lowest BCUT2D eigenvalue weighted by Crippen LogP contribution is -2.47. The summed E-state index contributed by atoms with van der Waals surface area (Å²) >= 11 is 0. The maximum atomic E-state index is 12.2. The molecule has 2 aliphatic heterocycles. The Hall–Kier alpha value is -1.56. The third-order valence-corrected chi connectivity index (χ3v) is 5.63. The standard InChI is InChI=1S/C17H27N5O/c23-17(20-9-3-4-10-20)18-11-16-13-21(14-5-1-2-6-14)12-15-7-8-19-22(15)16/h7-8,14,16H,1-6,9-13H2,(H,18,23). The zero-order valence-electron chi connectivity index (χ0n) is 13.8. The van der Waals surface area contributed by atoms with Gasteiger partial charge in [-0.05, 0) is 31.7 Å². The molecule has 0 radical (unpaired) electrons. The third kappa shape index (κ3) is 3.09. The van der Waals surface area contributed by atoms with Gasteiger partial charge in [0.25, 0.3) is 0 Å². The highest BCUT2D eigenvalue weighted by Crippen LogP contribution is 2.29. The van der Waals surface area contributed by atoms with E-state index in [0.717, 1.165) is 45.1 Å². The van der Waals surface area contributed by atoms with Crippen molar-refractivity contribution >= 4 is 6.03 Å². The number of amides is 2. The number of hydrogen-bond acceptors (Lipinski definition) is 3. The van der Waals surface area contributed by atoms with E-state index in [0.29, 0.717) is 6.54 Å². The second-order valence-corrected chi connectivity index (χ2v) is 7.17. The molecular formula is C17H27N5O. The number of hydrogen-bond donors (Lipinski definition) is 1. The van der Waals surface area contributed by atoms with Crippen molar-refractivity contribution in [3.63, 3.8) is 0 Å². The van der Waals surface area contributed by atoms with Crippen molar-refractivity contribution in [1.29, 1.82) is 0 Å². The van der Waals surface area contributed by atoms with E-state index in [1.807, 2.05) is 11.1 Å². The molecule has 2 amide bonds. The molecule has 1 atom stereocenters. The van der Waals surface area contributed by atoms with Crippen molar-refractivity contribution in [2.75, 3.05) is 26.2 Å². The number of aromatic nitrogens is 2. The smallest absolute Gasteiger partial charge is 0.317 e. The number of fused-ring (bicyclic) bond motifs is 1. The van der Waals surface area contributed by atoms with E-state index in [1.54, 1.807) is 0 Å². The monoisotopic (exact) mass is 317 g/mol. The summed E-state index contributed by atoms with van der Waals surface area (Å²) in [5, 5.41) is 7.64. The number of carbonyl (C=O) groups is 1. The van der Waals surface area contributed by atoms with Gasteiger partial charge in [-0.1, -0.05) is 12.8 Å². The fourth-order valence-electron chi connectivity index (χ4n) is 4.35. The quantitative estimate of drug-likeness (QED) is 0.927. The first kappa shape index (κ1) is 15.0. The Labute approximate surface area is 137 Å². The molecule has 1 N–H and O–H groups in total. The van der Waals surface area contributed by atoms with Gasteiger partial charge in [-0.3, -0.25) is 9.58 Å². The van der Waals surface area contributed by atoms with Crippen LogP contribution in [0.2, 0.25) is 0 Å². The van der Waals surface area contributed by atoms with Crippen molar-refractivity contribution < 1.29 is 4.79 Å². The Balaban J connectivity index is 1.41. The van der Waals surface area contributed by atoms with E-state index in [4.69, 9.17) is 0 Å². The molecule has 1 aromatic heterocycles. The summed E-state index contributed by atoms with van der Waals surface area (Å²) < 4.78 is 2.12. The lowest BCUT2D eigenvalue weighted by Gasteiger charge is -2.37. The highest BCUT2D eigenvalue weighted by molar-refractivity contribution is 5.74. The number of likely N-dealkylation sites (tertiary alicyclic amines) is 1. The van der Waals surface area contributed by atoms with Gasteiger partial charge in [0.1, 0.15) is 0 Å². The van der Waals surface area contributed by atoms with E-state index < -0.39 is 0 Å². The molecule has 23 heavy (non-hydrogen) atoms. The molecule has 4 rings (SSSR count). The summed E-state index contributed by atoms with van der Waals surface area (Å²) in [5.74, 6) is 0. The zero-order chi connectivity index (χ0) is 15.6. The predicted molar refractivity (Wildman–Crippen MR) is 88.1 cm³/mol. The molecule has 0 bridgehead atoms. The minimum absolute atomic E-state index is 0.0918. The van der Waals surface area contributed by atoms with Gasteiger partial charge >= 0.3 is 6.03 Å². The summed E-state index contributed by atoms with van der Waals surface area (Å²) in [4.78, 5) is 16.8. The average molecular weight is 317 g/mol. The van der Waals surface area contributed by atoms with Gasteiger partial charge in [-0.15, -0.1) is 0 Å².